The van der Waals surface area contributed by atoms with Crippen LogP contribution in [0.25, 0.3) is 0 Å². The van der Waals surface area contributed by atoms with Gasteiger partial charge in [-0.05, 0) is 32.9 Å². The molecule has 148 valence electrons. The maximum absolute atomic E-state index is 4.43. The van der Waals surface area contributed by atoms with E-state index in [4.69, 9.17) is 0 Å². The van der Waals surface area contributed by atoms with Crippen LogP contribution in [-0.2, 0) is 0 Å². The quantitative estimate of drug-likeness (QED) is 0.362. The minimum Gasteiger partial charge on any atom is -0.355 e. The van der Waals surface area contributed by atoms with Gasteiger partial charge < -0.3 is 20.4 Å². The Kier molecular flexibility index (Phi) is 10.6. The summed E-state index contributed by atoms with van der Waals surface area (Å²) in [4.78, 5) is 11.9. The highest BCUT2D eigenvalue weighted by molar-refractivity contribution is 14.0. The first kappa shape index (κ1) is 22.9. The summed E-state index contributed by atoms with van der Waals surface area (Å²) in [7, 11) is 6.30. The number of rotatable bonds is 5. The number of likely N-dealkylation sites (tertiary alicyclic amines) is 1. The Morgan fingerprint density at radius 2 is 1.80 bits per heavy atom. The minimum absolute atomic E-state index is 0. The van der Waals surface area contributed by atoms with Crippen LogP contribution in [0.4, 0.5) is 0 Å². The molecule has 2 rings (SSSR count). The third-order valence-corrected chi connectivity index (χ3v) is 5.26. The number of likely N-dealkylation sites (N-methyl/N-ethyl adjacent to an activating group) is 2. The largest absolute Gasteiger partial charge is 0.355 e. The molecular weight excluding hydrogens is 427 g/mol. The van der Waals surface area contributed by atoms with Gasteiger partial charge in [0.05, 0.1) is 0 Å². The maximum Gasteiger partial charge on any atom is 0.191 e. The summed E-state index contributed by atoms with van der Waals surface area (Å²) in [5.74, 6) is 1.72. The van der Waals surface area contributed by atoms with E-state index in [-0.39, 0.29) is 24.0 Å². The highest BCUT2D eigenvalue weighted by Crippen LogP contribution is 2.12. The fourth-order valence-corrected chi connectivity index (χ4v) is 3.70. The standard InChI is InChI=1S/C18H38N6.HI/c1-15(2)13-24-8-6-16(7-9-24)21-18(19-3)20-12-17-14-22(4)10-11-23(17)5;/h15-17H,6-14H2,1-5H3,(H2,19,20,21);1H. The number of nitrogens with one attached hydrogen (secondary N) is 2. The summed E-state index contributed by atoms with van der Waals surface area (Å²) >= 11 is 0. The van der Waals surface area contributed by atoms with Crippen molar-refractivity contribution < 1.29 is 0 Å². The van der Waals surface area contributed by atoms with E-state index in [1.54, 1.807) is 0 Å². The Balaban J connectivity index is 0.00000312. The fraction of sp³-hybridized carbons (Fsp3) is 0.944. The number of hydrogen-bond acceptors (Lipinski definition) is 4. The minimum atomic E-state index is 0. The molecule has 0 bridgehead atoms. The highest BCUT2D eigenvalue weighted by atomic mass is 127. The SMILES string of the molecule is CN=C(NCC1CN(C)CCN1C)NC1CCN(CC(C)C)CC1.I. The zero-order valence-electron chi connectivity index (χ0n) is 16.8. The molecule has 2 fully saturated rings. The summed E-state index contributed by atoms with van der Waals surface area (Å²) < 4.78 is 0. The number of guanidine groups is 1. The second-order valence-corrected chi connectivity index (χ2v) is 7.96. The van der Waals surface area contributed by atoms with Gasteiger partial charge in [0, 0.05) is 64.9 Å². The summed E-state index contributed by atoms with van der Waals surface area (Å²) in [6, 6.07) is 1.10. The molecule has 0 aromatic heterocycles. The molecule has 1 atom stereocenters. The van der Waals surface area contributed by atoms with Gasteiger partial charge in [-0.2, -0.15) is 0 Å². The molecule has 7 heteroatoms. The molecule has 0 amide bonds. The Morgan fingerprint density at radius 1 is 1.12 bits per heavy atom. The van der Waals surface area contributed by atoms with Gasteiger partial charge in [-0.3, -0.25) is 9.89 Å². The van der Waals surface area contributed by atoms with E-state index in [1.807, 2.05) is 7.05 Å². The van der Waals surface area contributed by atoms with Crippen LogP contribution in [0, 0.1) is 5.92 Å². The van der Waals surface area contributed by atoms with Crippen molar-refractivity contribution in [3.63, 3.8) is 0 Å². The molecule has 2 heterocycles. The molecule has 0 saturated carbocycles. The average Bonchev–Trinajstić information content (AvgIpc) is 2.55. The lowest BCUT2D eigenvalue weighted by molar-refractivity contribution is 0.116. The molecule has 0 aromatic carbocycles. The van der Waals surface area contributed by atoms with Crippen molar-refractivity contribution in [1.29, 1.82) is 0 Å². The molecule has 0 radical (unpaired) electrons. The van der Waals surface area contributed by atoms with Crippen LogP contribution in [0.1, 0.15) is 26.7 Å². The summed E-state index contributed by atoms with van der Waals surface area (Å²) in [5.41, 5.74) is 0. The van der Waals surface area contributed by atoms with Gasteiger partial charge in [0.25, 0.3) is 0 Å². The molecule has 0 spiro atoms. The molecule has 2 aliphatic heterocycles. The molecule has 2 saturated heterocycles. The smallest absolute Gasteiger partial charge is 0.191 e. The van der Waals surface area contributed by atoms with Crippen LogP contribution in [0.15, 0.2) is 4.99 Å². The first-order valence-corrected chi connectivity index (χ1v) is 9.56. The fourth-order valence-electron chi connectivity index (χ4n) is 3.70. The van der Waals surface area contributed by atoms with Crippen LogP contribution in [0.3, 0.4) is 0 Å². The molecule has 6 nitrogen and oxygen atoms in total. The van der Waals surface area contributed by atoms with Crippen molar-refractivity contribution in [2.45, 2.75) is 38.8 Å². The maximum atomic E-state index is 4.43. The van der Waals surface area contributed by atoms with Crippen LogP contribution >= 0.6 is 24.0 Å². The zero-order chi connectivity index (χ0) is 17.5. The summed E-state index contributed by atoms with van der Waals surface area (Å²) in [5, 5.41) is 7.16. The second kappa shape index (κ2) is 11.6. The lowest BCUT2D eigenvalue weighted by atomic mass is 10.0. The first-order valence-electron chi connectivity index (χ1n) is 9.56. The van der Waals surface area contributed by atoms with E-state index in [0.29, 0.717) is 12.1 Å². The molecular formula is C18H39IN6. The van der Waals surface area contributed by atoms with Crippen LogP contribution in [-0.4, -0.2) is 99.7 Å². The Labute approximate surface area is 171 Å². The summed E-state index contributed by atoms with van der Waals surface area (Å²) in [6.45, 7) is 12.6. The van der Waals surface area contributed by atoms with Crippen LogP contribution in [0.5, 0.6) is 0 Å². The number of halogens is 1. The van der Waals surface area contributed by atoms with E-state index in [9.17, 15) is 0 Å². The predicted molar refractivity (Wildman–Crippen MR) is 118 cm³/mol. The van der Waals surface area contributed by atoms with Crippen molar-refractivity contribution in [3.8, 4) is 0 Å². The van der Waals surface area contributed by atoms with Gasteiger partial charge in [-0.15, -0.1) is 24.0 Å². The summed E-state index contributed by atoms with van der Waals surface area (Å²) in [6.07, 6.45) is 2.42. The van der Waals surface area contributed by atoms with Gasteiger partial charge >= 0.3 is 0 Å². The van der Waals surface area contributed by atoms with Gasteiger partial charge in [-0.1, -0.05) is 13.8 Å². The molecule has 25 heavy (non-hydrogen) atoms. The van der Waals surface area contributed by atoms with E-state index in [2.05, 4.69) is 58.3 Å². The highest BCUT2D eigenvalue weighted by Gasteiger charge is 2.23. The second-order valence-electron chi connectivity index (χ2n) is 7.96. The van der Waals surface area contributed by atoms with Gasteiger partial charge in [-0.25, -0.2) is 0 Å². The Bertz CT molecular complexity index is 395. The third-order valence-electron chi connectivity index (χ3n) is 5.26. The predicted octanol–water partition coefficient (Wildman–Crippen LogP) is 1.14. The number of hydrogen-bond donors (Lipinski definition) is 2. The van der Waals surface area contributed by atoms with Crippen molar-refractivity contribution in [2.75, 3.05) is 67.0 Å². The topological polar surface area (TPSA) is 46.1 Å². The zero-order valence-corrected chi connectivity index (χ0v) is 19.1. The number of nitrogens with zero attached hydrogens (tertiary/aromatic N) is 4. The lowest BCUT2D eigenvalue weighted by Crippen LogP contribution is -2.56. The lowest BCUT2D eigenvalue weighted by Gasteiger charge is -2.38. The monoisotopic (exact) mass is 466 g/mol. The van der Waals surface area contributed by atoms with Gasteiger partial charge in [0.2, 0.25) is 0 Å². The molecule has 2 N–H and O–H groups in total. The van der Waals surface area contributed by atoms with Crippen molar-refractivity contribution in [3.05, 3.63) is 0 Å². The van der Waals surface area contributed by atoms with Crippen molar-refractivity contribution in [1.82, 2.24) is 25.3 Å². The molecule has 1 unspecified atom stereocenters. The van der Waals surface area contributed by atoms with Crippen molar-refractivity contribution >= 4 is 29.9 Å². The van der Waals surface area contributed by atoms with Crippen molar-refractivity contribution in [2.24, 2.45) is 10.9 Å². The first-order chi connectivity index (χ1) is 11.5. The van der Waals surface area contributed by atoms with E-state index in [0.717, 1.165) is 38.1 Å². The Hall–Kier alpha value is -0.120. The molecule has 0 aliphatic carbocycles. The molecule has 0 aromatic rings. The van der Waals surface area contributed by atoms with Gasteiger partial charge in [0.15, 0.2) is 5.96 Å². The average molecular weight is 466 g/mol. The van der Waals surface area contributed by atoms with E-state index in [1.165, 1.54) is 32.5 Å². The number of aliphatic imine (C=N–C) groups is 1. The number of piperazine rings is 1. The normalized spacial score (nSPS) is 25.0. The van der Waals surface area contributed by atoms with Gasteiger partial charge in [0.1, 0.15) is 0 Å². The number of piperidine rings is 1. The third kappa shape index (κ3) is 7.97. The van der Waals surface area contributed by atoms with Crippen LogP contribution in [0.2, 0.25) is 0 Å². The van der Waals surface area contributed by atoms with Crippen LogP contribution < -0.4 is 10.6 Å². The molecule has 2 aliphatic rings. The Morgan fingerprint density at radius 3 is 2.40 bits per heavy atom. The van der Waals surface area contributed by atoms with E-state index < -0.39 is 0 Å². The van der Waals surface area contributed by atoms with E-state index >= 15 is 0 Å².